The summed E-state index contributed by atoms with van der Waals surface area (Å²) in [6.45, 7) is 2.22. The minimum atomic E-state index is -0.137. The normalized spacial score (nSPS) is 18.9. The number of benzene rings is 2. The number of hydrogen-bond donors (Lipinski definition) is 1. The molecule has 0 aliphatic carbocycles. The van der Waals surface area contributed by atoms with Crippen LogP contribution in [0.15, 0.2) is 48.5 Å². The lowest BCUT2D eigenvalue weighted by Gasteiger charge is -2.23. The molecule has 20 heavy (non-hydrogen) atoms. The summed E-state index contributed by atoms with van der Waals surface area (Å²) in [5, 5.41) is 3.44. The van der Waals surface area contributed by atoms with Crippen molar-refractivity contribution in [2.75, 3.05) is 13.1 Å². The molecule has 1 heterocycles. The first-order valence-electron chi connectivity index (χ1n) is 7.37. The molecular formula is C18H20FN. The number of rotatable bonds is 3. The van der Waals surface area contributed by atoms with E-state index >= 15 is 0 Å². The molecule has 1 saturated heterocycles. The van der Waals surface area contributed by atoms with Crippen LogP contribution in [0.25, 0.3) is 11.1 Å². The Morgan fingerprint density at radius 2 is 1.95 bits per heavy atom. The van der Waals surface area contributed by atoms with Gasteiger partial charge in [0.15, 0.2) is 0 Å². The van der Waals surface area contributed by atoms with Crippen LogP contribution in [0.4, 0.5) is 4.39 Å². The molecule has 2 heteroatoms. The molecule has 1 nitrogen and oxygen atoms in total. The van der Waals surface area contributed by atoms with Crippen LogP contribution in [-0.2, 0) is 6.42 Å². The zero-order valence-electron chi connectivity index (χ0n) is 11.6. The second-order valence-corrected chi connectivity index (χ2v) is 5.60. The van der Waals surface area contributed by atoms with Crippen molar-refractivity contribution >= 4 is 0 Å². The fourth-order valence-corrected chi connectivity index (χ4v) is 2.97. The van der Waals surface area contributed by atoms with E-state index in [0.717, 1.165) is 25.1 Å². The van der Waals surface area contributed by atoms with Gasteiger partial charge in [-0.3, -0.25) is 0 Å². The standard InChI is InChI=1S/C18H20FN/c19-18-9-8-14(11-15-5-4-10-20-13-15)12-17(18)16-6-2-1-3-7-16/h1-3,6-9,12,15,20H,4-5,10-11,13H2. The number of halogens is 1. The van der Waals surface area contributed by atoms with Crippen LogP contribution in [0.2, 0.25) is 0 Å². The van der Waals surface area contributed by atoms with Crippen molar-refractivity contribution in [3.63, 3.8) is 0 Å². The first kappa shape index (κ1) is 13.3. The highest BCUT2D eigenvalue weighted by Gasteiger charge is 2.14. The minimum Gasteiger partial charge on any atom is -0.316 e. The second kappa shape index (κ2) is 6.19. The molecule has 3 rings (SSSR count). The Bertz CT molecular complexity index is 559. The van der Waals surface area contributed by atoms with Gasteiger partial charge in [0.1, 0.15) is 5.82 Å². The molecule has 104 valence electrons. The maximum Gasteiger partial charge on any atom is 0.131 e. The van der Waals surface area contributed by atoms with E-state index in [9.17, 15) is 4.39 Å². The van der Waals surface area contributed by atoms with Crippen molar-refractivity contribution in [2.24, 2.45) is 5.92 Å². The van der Waals surface area contributed by atoms with Crippen molar-refractivity contribution in [1.29, 1.82) is 0 Å². The highest BCUT2D eigenvalue weighted by molar-refractivity contribution is 5.64. The van der Waals surface area contributed by atoms with Gasteiger partial charge < -0.3 is 5.32 Å². The van der Waals surface area contributed by atoms with Gasteiger partial charge in [-0.2, -0.15) is 0 Å². The van der Waals surface area contributed by atoms with Crippen molar-refractivity contribution < 1.29 is 4.39 Å². The average Bonchev–Trinajstić information content (AvgIpc) is 2.51. The Morgan fingerprint density at radius 3 is 2.70 bits per heavy atom. The summed E-state index contributed by atoms with van der Waals surface area (Å²) in [6, 6.07) is 15.3. The third-order valence-corrected chi connectivity index (χ3v) is 4.04. The first-order chi connectivity index (χ1) is 9.83. The van der Waals surface area contributed by atoms with E-state index < -0.39 is 0 Å². The van der Waals surface area contributed by atoms with E-state index in [-0.39, 0.29) is 5.82 Å². The van der Waals surface area contributed by atoms with Gasteiger partial charge in [0.2, 0.25) is 0 Å². The lowest BCUT2D eigenvalue weighted by molar-refractivity contribution is 0.376. The van der Waals surface area contributed by atoms with Crippen LogP contribution >= 0.6 is 0 Å². The Labute approximate surface area is 119 Å². The molecule has 0 bridgehead atoms. The number of hydrogen-bond acceptors (Lipinski definition) is 1. The fourth-order valence-electron chi connectivity index (χ4n) is 2.97. The van der Waals surface area contributed by atoms with Gasteiger partial charge in [-0.05, 0) is 61.5 Å². The van der Waals surface area contributed by atoms with Gasteiger partial charge in [0.05, 0.1) is 0 Å². The predicted molar refractivity (Wildman–Crippen MR) is 81.1 cm³/mol. The van der Waals surface area contributed by atoms with Crippen LogP contribution < -0.4 is 5.32 Å². The third-order valence-electron chi connectivity index (χ3n) is 4.04. The predicted octanol–water partition coefficient (Wildman–Crippen LogP) is 4.03. The lowest BCUT2D eigenvalue weighted by Crippen LogP contribution is -2.30. The summed E-state index contributed by atoms with van der Waals surface area (Å²) in [6.07, 6.45) is 3.55. The summed E-state index contributed by atoms with van der Waals surface area (Å²) in [4.78, 5) is 0. The van der Waals surface area contributed by atoms with Crippen LogP contribution in [0.5, 0.6) is 0 Å². The molecule has 0 radical (unpaired) electrons. The van der Waals surface area contributed by atoms with Gasteiger partial charge in [0.25, 0.3) is 0 Å². The van der Waals surface area contributed by atoms with E-state index in [2.05, 4.69) is 5.32 Å². The first-order valence-corrected chi connectivity index (χ1v) is 7.37. The molecule has 2 aromatic rings. The van der Waals surface area contributed by atoms with Crippen LogP contribution in [0, 0.1) is 11.7 Å². The summed E-state index contributed by atoms with van der Waals surface area (Å²) in [5.74, 6) is 0.541. The molecule has 2 aromatic carbocycles. The molecule has 1 atom stereocenters. The van der Waals surface area contributed by atoms with E-state index in [1.54, 1.807) is 6.07 Å². The zero-order valence-corrected chi connectivity index (χ0v) is 11.6. The third kappa shape index (κ3) is 3.07. The molecular weight excluding hydrogens is 249 g/mol. The summed E-state index contributed by atoms with van der Waals surface area (Å²) in [7, 11) is 0. The van der Waals surface area contributed by atoms with Gasteiger partial charge in [-0.25, -0.2) is 4.39 Å². The zero-order chi connectivity index (χ0) is 13.8. The smallest absolute Gasteiger partial charge is 0.131 e. The van der Waals surface area contributed by atoms with Crippen LogP contribution in [0.3, 0.4) is 0 Å². The Hall–Kier alpha value is -1.67. The SMILES string of the molecule is Fc1ccc(CC2CCCNC2)cc1-c1ccccc1. The molecule has 1 unspecified atom stereocenters. The highest BCUT2D eigenvalue weighted by Crippen LogP contribution is 2.25. The van der Waals surface area contributed by atoms with Gasteiger partial charge >= 0.3 is 0 Å². The number of nitrogens with one attached hydrogen (secondary N) is 1. The topological polar surface area (TPSA) is 12.0 Å². The van der Waals surface area contributed by atoms with Crippen LogP contribution in [-0.4, -0.2) is 13.1 Å². The molecule has 0 aromatic heterocycles. The van der Waals surface area contributed by atoms with Crippen molar-refractivity contribution in [2.45, 2.75) is 19.3 Å². The lowest BCUT2D eigenvalue weighted by atomic mass is 9.91. The van der Waals surface area contributed by atoms with E-state index in [4.69, 9.17) is 0 Å². The minimum absolute atomic E-state index is 0.137. The molecule has 1 fully saturated rings. The largest absolute Gasteiger partial charge is 0.316 e. The Morgan fingerprint density at radius 1 is 1.10 bits per heavy atom. The maximum absolute atomic E-state index is 14.0. The molecule has 0 spiro atoms. The van der Waals surface area contributed by atoms with Crippen molar-refractivity contribution in [1.82, 2.24) is 5.32 Å². The summed E-state index contributed by atoms with van der Waals surface area (Å²) >= 11 is 0. The Kier molecular flexibility index (Phi) is 4.12. The summed E-state index contributed by atoms with van der Waals surface area (Å²) in [5.41, 5.74) is 2.90. The van der Waals surface area contributed by atoms with Gasteiger partial charge in [-0.15, -0.1) is 0 Å². The van der Waals surface area contributed by atoms with Crippen molar-refractivity contribution in [3.05, 3.63) is 59.9 Å². The highest BCUT2D eigenvalue weighted by atomic mass is 19.1. The molecule has 0 saturated carbocycles. The quantitative estimate of drug-likeness (QED) is 0.887. The molecule has 0 amide bonds. The fraction of sp³-hybridized carbons (Fsp3) is 0.333. The van der Waals surface area contributed by atoms with Gasteiger partial charge in [0, 0.05) is 5.56 Å². The van der Waals surface area contributed by atoms with Gasteiger partial charge in [-0.1, -0.05) is 36.4 Å². The average molecular weight is 269 g/mol. The maximum atomic E-state index is 14.0. The molecule has 1 aliphatic rings. The summed E-state index contributed by atoms with van der Waals surface area (Å²) < 4.78 is 14.0. The second-order valence-electron chi connectivity index (χ2n) is 5.60. The van der Waals surface area contributed by atoms with E-state index in [1.807, 2.05) is 42.5 Å². The Balaban J connectivity index is 1.83. The number of piperidine rings is 1. The van der Waals surface area contributed by atoms with Crippen LogP contribution in [0.1, 0.15) is 18.4 Å². The molecule has 1 aliphatic heterocycles. The molecule has 1 N–H and O–H groups in total. The van der Waals surface area contributed by atoms with E-state index in [1.165, 1.54) is 18.4 Å². The van der Waals surface area contributed by atoms with E-state index in [0.29, 0.717) is 11.5 Å². The van der Waals surface area contributed by atoms with Crippen molar-refractivity contribution in [3.8, 4) is 11.1 Å². The monoisotopic (exact) mass is 269 g/mol.